The van der Waals surface area contributed by atoms with Gasteiger partial charge in [-0.05, 0) is 49.4 Å². The van der Waals surface area contributed by atoms with Gasteiger partial charge in [-0.2, -0.15) is 0 Å². The number of nitrogens with one attached hydrogen (secondary N) is 1. The number of fused-ring (bicyclic) bond motifs is 3. The Morgan fingerprint density at radius 3 is 2.90 bits per heavy atom. The van der Waals surface area contributed by atoms with Crippen molar-refractivity contribution in [2.24, 2.45) is 7.05 Å². The van der Waals surface area contributed by atoms with Crippen molar-refractivity contribution < 1.29 is 9.59 Å². The lowest BCUT2D eigenvalue weighted by Crippen LogP contribution is -2.24. The average Bonchev–Trinajstić information content (AvgIpc) is 3.45. The molecule has 2 aromatic heterocycles. The molecule has 1 saturated heterocycles. The molecule has 31 heavy (non-hydrogen) atoms. The van der Waals surface area contributed by atoms with E-state index in [9.17, 15) is 14.4 Å². The first-order valence-electron chi connectivity index (χ1n) is 10.4. The van der Waals surface area contributed by atoms with Crippen LogP contribution in [0.3, 0.4) is 0 Å². The fraction of sp³-hybridized carbons (Fsp3) is 0.364. The van der Waals surface area contributed by atoms with Crippen LogP contribution in [0.25, 0.3) is 10.2 Å². The molecule has 160 valence electrons. The Bertz CT molecular complexity index is 1260. The molecule has 1 N–H and O–H groups in total. The molecular formula is C22H22N4O3S2. The molecule has 7 nitrogen and oxygen atoms in total. The Balaban J connectivity index is 1.29. The smallest absolute Gasteiger partial charge is 0.262 e. The van der Waals surface area contributed by atoms with Gasteiger partial charge in [-0.3, -0.25) is 19.0 Å². The molecule has 3 aromatic rings. The molecule has 1 aliphatic heterocycles. The minimum Gasteiger partial charge on any atom is -0.325 e. The topological polar surface area (TPSA) is 84.3 Å². The number of thioether (sulfide) groups is 1. The molecule has 0 atom stereocenters. The summed E-state index contributed by atoms with van der Waals surface area (Å²) in [4.78, 5) is 45.8. The summed E-state index contributed by atoms with van der Waals surface area (Å²) in [5.74, 6) is 0.0721. The van der Waals surface area contributed by atoms with Crippen molar-refractivity contribution in [1.82, 2.24) is 9.55 Å². The highest BCUT2D eigenvalue weighted by Gasteiger charge is 2.23. The Morgan fingerprint density at radius 2 is 2.10 bits per heavy atom. The fourth-order valence-corrected chi connectivity index (χ4v) is 6.31. The maximum absolute atomic E-state index is 12.9. The molecule has 1 aliphatic carbocycles. The first kappa shape index (κ1) is 20.3. The predicted molar refractivity (Wildman–Crippen MR) is 124 cm³/mol. The van der Waals surface area contributed by atoms with E-state index in [2.05, 4.69) is 10.3 Å². The lowest BCUT2D eigenvalue weighted by molar-refractivity contribution is -0.117. The number of anilines is 2. The van der Waals surface area contributed by atoms with Crippen molar-refractivity contribution in [3.8, 4) is 0 Å². The van der Waals surface area contributed by atoms with Gasteiger partial charge in [0.15, 0.2) is 5.16 Å². The summed E-state index contributed by atoms with van der Waals surface area (Å²) < 4.78 is 1.55. The van der Waals surface area contributed by atoms with Crippen LogP contribution in [0.2, 0.25) is 0 Å². The standard InChI is InChI=1S/C22H22N4O3S2/c1-25-21(29)19-15-7-3-8-16(15)31-20(19)24-22(25)30-12-17(27)23-13-5-2-6-14(11-13)26-10-4-9-18(26)28/h2,5-6,11H,3-4,7-10,12H2,1H3,(H,23,27). The van der Waals surface area contributed by atoms with Gasteiger partial charge in [0.1, 0.15) is 4.83 Å². The third-order valence-corrected chi connectivity index (χ3v) is 7.97. The minimum atomic E-state index is -0.182. The summed E-state index contributed by atoms with van der Waals surface area (Å²) in [6, 6.07) is 7.33. The molecular weight excluding hydrogens is 432 g/mol. The van der Waals surface area contributed by atoms with E-state index < -0.39 is 0 Å². The van der Waals surface area contributed by atoms with Gasteiger partial charge in [-0.25, -0.2) is 4.98 Å². The number of carbonyl (C=O) groups is 2. The van der Waals surface area contributed by atoms with E-state index in [1.54, 1.807) is 33.9 Å². The van der Waals surface area contributed by atoms with Gasteiger partial charge in [0.05, 0.1) is 11.1 Å². The molecule has 0 unspecified atom stereocenters. The number of hydrogen-bond acceptors (Lipinski definition) is 6. The zero-order valence-electron chi connectivity index (χ0n) is 17.1. The maximum Gasteiger partial charge on any atom is 0.262 e. The summed E-state index contributed by atoms with van der Waals surface area (Å²) in [5, 5.41) is 4.18. The van der Waals surface area contributed by atoms with E-state index in [-0.39, 0.29) is 23.1 Å². The first-order valence-corrected chi connectivity index (χ1v) is 12.2. The molecule has 0 spiro atoms. The van der Waals surface area contributed by atoms with Crippen molar-refractivity contribution in [3.63, 3.8) is 0 Å². The minimum absolute atomic E-state index is 0.0321. The van der Waals surface area contributed by atoms with E-state index in [0.29, 0.717) is 23.8 Å². The average molecular weight is 455 g/mol. The van der Waals surface area contributed by atoms with Crippen molar-refractivity contribution in [3.05, 3.63) is 45.1 Å². The zero-order chi connectivity index (χ0) is 21.5. The van der Waals surface area contributed by atoms with Gasteiger partial charge in [-0.1, -0.05) is 17.8 Å². The molecule has 1 fully saturated rings. The van der Waals surface area contributed by atoms with Crippen molar-refractivity contribution in [2.45, 2.75) is 37.3 Å². The van der Waals surface area contributed by atoms with Crippen LogP contribution in [-0.4, -0.2) is 33.7 Å². The highest BCUT2D eigenvalue weighted by molar-refractivity contribution is 7.99. The van der Waals surface area contributed by atoms with Crippen LogP contribution in [0.15, 0.2) is 34.2 Å². The molecule has 3 heterocycles. The van der Waals surface area contributed by atoms with Crippen LogP contribution < -0.4 is 15.8 Å². The largest absolute Gasteiger partial charge is 0.325 e. The molecule has 0 saturated carbocycles. The second-order valence-electron chi connectivity index (χ2n) is 7.83. The van der Waals surface area contributed by atoms with Gasteiger partial charge < -0.3 is 10.2 Å². The van der Waals surface area contributed by atoms with Gasteiger partial charge in [0, 0.05) is 36.3 Å². The lowest BCUT2D eigenvalue weighted by Gasteiger charge is -2.16. The Hall–Kier alpha value is -2.65. The summed E-state index contributed by atoms with van der Waals surface area (Å²) >= 11 is 2.86. The number of amides is 2. The van der Waals surface area contributed by atoms with Crippen LogP contribution in [-0.2, 0) is 29.5 Å². The maximum atomic E-state index is 12.9. The van der Waals surface area contributed by atoms with Crippen LogP contribution in [0.1, 0.15) is 29.7 Å². The van der Waals surface area contributed by atoms with Crippen LogP contribution in [0.4, 0.5) is 11.4 Å². The van der Waals surface area contributed by atoms with Crippen LogP contribution >= 0.6 is 23.1 Å². The van der Waals surface area contributed by atoms with E-state index in [4.69, 9.17) is 0 Å². The third kappa shape index (κ3) is 3.76. The van der Waals surface area contributed by atoms with E-state index in [1.165, 1.54) is 22.2 Å². The fourth-order valence-electron chi connectivity index (χ4n) is 4.23. The van der Waals surface area contributed by atoms with Crippen molar-refractivity contribution in [2.75, 3.05) is 22.5 Å². The van der Waals surface area contributed by atoms with Gasteiger partial charge in [0.25, 0.3) is 5.56 Å². The van der Waals surface area contributed by atoms with Crippen LogP contribution in [0, 0.1) is 0 Å². The lowest BCUT2D eigenvalue weighted by atomic mass is 10.2. The SMILES string of the molecule is Cn1c(SCC(=O)Nc2cccc(N3CCCC3=O)c2)nc2sc3c(c2c1=O)CCC3. The van der Waals surface area contributed by atoms with Crippen molar-refractivity contribution in [1.29, 1.82) is 0 Å². The predicted octanol–water partition coefficient (Wildman–Crippen LogP) is 3.34. The van der Waals surface area contributed by atoms with Gasteiger partial charge in [-0.15, -0.1) is 11.3 Å². The number of aryl methyl sites for hydroxylation is 2. The monoisotopic (exact) mass is 454 g/mol. The zero-order valence-corrected chi connectivity index (χ0v) is 18.8. The number of rotatable bonds is 5. The number of thiophene rings is 1. The molecule has 9 heteroatoms. The first-order chi connectivity index (χ1) is 15.0. The highest BCUT2D eigenvalue weighted by Crippen LogP contribution is 2.35. The number of hydrogen-bond donors (Lipinski definition) is 1. The normalized spacial score (nSPS) is 15.6. The number of benzene rings is 1. The van der Waals surface area contributed by atoms with E-state index in [0.717, 1.165) is 41.6 Å². The summed E-state index contributed by atoms with van der Waals surface area (Å²) in [6.45, 7) is 0.709. The second-order valence-corrected chi connectivity index (χ2v) is 9.86. The molecule has 1 aromatic carbocycles. The summed E-state index contributed by atoms with van der Waals surface area (Å²) in [5.41, 5.74) is 2.58. The molecule has 0 radical (unpaired) electrons. The van der Waals surface area contributed by atoms with Gasteiger partial charge >= 0.3 is 0 Å². The number of aromatic nitrogens is 2. The quantitative estimate of drug-likeness (QED) is 0.472. The summed E-state index contributed by atoms with van der Waals surface area (Å²) in [7, 11) is 1.71. The number of carbonyl (C=O) groups excluding carboxylic acids is 2. The van der Waals surface area contributed by atoms with Crippen LogP contribution in [0.5, 0.6) is 0 Å². The summed E-state index contributed by atoms with van der Waals surface area (Å²) in [6.07, 6.45) is 4.49. The van der Waals surface area contributed by atoms with Crippen molar-refractivity contribution >= 4 is 56.5 Å². The molecule has 2 aliphatic rings. The molecule has 5 rings (SSSR count). The van der Waals surface area contributed by atoms with E-state index in [1.807, 2.05) is 18.2 Å². The molecule has 0 bridgehead atoms. The highest BCUT2D eigenvalue weighted by atomic mass is 32.2. The Morgan fingerprint density at radius 1 is 1.23 bits per heavy atom. The number of nitrogens with zero attached hydrogens (tertiary/aromatic N) is 3. The Labute approximate surface area is 187 Å². The van der Waals surface area contributed by atoms with Gasteiger partial charge in [0.2, 0.25) is 11.8 Å². The Kier molecular flexibility index (Phi) is 5.31. The third-order valence-electron chi connectivity index (χ3n) is 5.75. The van der Waals surface area contributed by atoms with E-state index >= 15 is 0 Å². The second kappa shape index (κ2) is 8.12. The molecule has 2 amide bonds.